The molecule has 0 fully saturated rings. The number of hydrogen-bond acceptors (Lipinski definition) is 4. The number of H-pyrrole nitrogens is 1. The Kier molecular flexibility index (Phi) is 6.81. The van der Waals surface area contributed by atoms with Crippen LogP contribution in [0.3, 0.4) is 0 Å². The van der Waals surface area contributed by atoms with Crippen LogP contribution in [0.1, 0.15) is 35.8 Å². The number of aromatic nitrogens is 3. The number of amides is 1. The number of imidazole rings is 1. The molecule has 182 valence electrons. The lowest BCUT2D eigenvalue weighted by molar-refractivity contribution is 0.0945. The molecule has 1 amide bonds. The average molecular weight is 482 g/mol. The molecule has 0 bridgehead atoms. The maximum absolute atomic E-state index is 13.5. The Labute approximate surface area is 198 Å². The van der Waals surface area contributed by atoms with Crippen molar-refractivity contribution in [2.24, 2.45) is 0 Å². The van der Waals surface area contributed by atoms with Crippen LogP contribution in [0.25, 0.3) is 11.0 Å². The van der Waals surface area contributed by atoms with Crippen molar-refractivity contribution in [2.45, 2.75) is 26.4 Å². The topological polar surface area (TPSA) is 98.1 Å². The molecule has 10 heteroatoms. The third kappa shape index (κ3) is 5.16. The number of nitrogens with zero attached hydrogens (tertiary/aromatic N) is 2. The normalized spacial score (nSPS) is 11.2. The predicted molar refractivity (Wildman–Crippen MR) is 127 cm³/mol. The number of pyridine rings is 1. The summed E-state index contributed by atoms with van der Waals surface area (Å²) in [6.45, 7) is 4.11. The van der Waals surface area contributed by atoms with E-state index in [2.05, 4.69) is 10.3 Å². The molecule has 35 heavy (non-hydrogen) atoms. The molecular formula is C25H24F2N4O4. The second-order valence-electron chi connectivity index (χ2n) is 8.28. The van der Waals surface area contributed by atoms with E-state index >= 15 is 0 Å². The Morgan fingerprint density at radius 3 is 2.63 bits per heavy atom. The summed E-state index contributed by atoms with van der Waals surface area (Å²) in [5, 5.41) is 2.63. The fraction of sp³-hybridized carbons (Fsp3) is 0.240. The minimum atomic E-state index is -1.01. The van der Waals surface area contributed by atoms with Gasteiger partial charge in [-0.1, -0.05) is 6.07 Å². The van der Waals surface area contributed by atoms with E-state index in [1.54, 1.807) is 22.8 Å². The van der Waals surface area contributed by atoms with Crippen LogP contribution in [0.4, 0.5) is 8.78 Å². The number of benzene rings is 2. The Balaban J connectivity index is 1.36. The first-order chi connectivity index (χ1) is 16.7. The SMILES string of the molecule is CC(C)n1c(=O)[nH]c2cc(OCCNC(=O)c3cccn(Cc4ccc(F)c(F)c4)c3=O)ccc21. The fourth-order valence-corrected chi connectivity index (χ4v) is 3.81. The summed E-state index contributed by atoms with van der Waals surface area (Å²) in [7, 11) is 0. The summed E-state index contributed by atoms with van der Waals surface area (Å²) < 4.78 is 35.2. The molecular weight excluding hydrogens is 458 g/mol. The van der Waals surface area contributed by atoms with Crippen LogP contribution in [-0.2, 0) is 6.54 Å². The Bertz CT molecular complexity index is 1500. The smallest absolute Gasteiger partial charge is 0.326 e. The van der Waals surface area contributed by atoms with Gasteiger partial charge in [0.2, 0.25) is 0 Å². The molecule has 4 rings (SSSR count). The van der Waals surface area contributed by atoms with Gasteiger partial charge in [0.15, 0.2) is 11.6 Å². The minimum absolute atomic E-state index is 0.0105. The number of carbonyl (C=O) groups is 1. The lowest BCUT2D eigenvalue weighted by atomic mass is 10.2. The zero-order valence-corrected chi connectivity index (χ0v) is 19.2. The Hall–Kier alpha value is -4.21. The van der Waals surface area contributed by atoms with Gasteiger partial charge in [-0.25, -0.2) is 13.6 Å². The van der Waals surface area contributed by atoms with Crippen molar-refractivity contribution < 1.29 is 18.3 Å². The summed E-state index contributed by atoms with van der Waals surface area (Å²) in [5.74, 6) is -2.03. The van der Waals surface area contributed by atoms with E-state index in [4.69, 9.17) is 4.74 Å². The summed E-state index contributed by atoms with van der Waals surface area (Å²) in [5.41, 5.74) is 0.978. The quantitative estimate of drug-likeness (QED) is 0.377. The molecule has 2 N–H and O–H groups in total. The van der Waals surface area contributed by atoms with E-state index in [0.29, 0.717) is 16.8 Å². The average Bonchev–Trinajstić information content (AvgIpc) is 3.15. The largest absolute Gasteiger partial charge is 0.492 e. The van der Waals surface area contributed by atoms with E-state index in [1.165, 1.54) is 29.0 Å². The highest BCUT2D eigenvalue weighted by molar-refractivity contribution is 5.93. The van der Waals surface area contributed by atoms with Gasteiger partial charge in [0.1, 0.15) is 17.9 Å². The lowest BCUT2D eigenvalue weighted by Crippen LogP contribution is -2.34. The molecule has 2 heterocycles. The van der Waals surface area contributed by atoms with E-state index in [1.807, 2.05) is 13.8 Å². The van der Waals surface area contributed by atoms with Crippen LogP contribution in [0.15, 0.2) is 64.3 Å². The van der Waals surface area contributed by atoms with Gasteiger partial charge >= 0.3 is 5.69 Å². The van der Waals surface area contributed by atoms with Gasteiger partial charge in [-0.15, -0.1) is 0 Å². The van der Waals surface area contributed by atoms with Gasteiger partial charge in [-0.05, 0) is 55.8 Å². The maximum Gasteiger partial charge on any atom is 0.326 e. The van der Waals surface area contributed by atoms with E-state index in [-0.39, 0.29) is 37.0 Å². The first kappa shape index (κ1) is 23.9. The molecule has 4 aromatic rings. The van der Waals surface area contributed by atoms with E-state index < -0.39 is 23.1 Å². The first-order valence-electron chi connectivity index (χ1n) is 11.0. The van der Waals surface area contributed by atoms with Gasteiger partial charge in [0.25, 0.3) is 11.5 Å². The molecule has 2 aromatic carbocycles. The Morgan fingerprint density at radius 2 is 1.89 bits per heavy atom. The monoisotopic (exact) mass is 482 g/mol. The number of carbonyl (C=O) groups excluding carboxylic acids is 1. The fourth-order valence-electron chi connectivity index (χ4n) is 3.81. The zero-order chi connectivity index (χ0) is 25.1. The first-order valence-corrected chi connectivity index (χ1v) is 11.0. The van der Waals surface area contributed by atoms with Crippen molar-refractivity contribution >= 4 is 16.9 Å². The van der Waals surface area contributed by atoms with Gasteiger partial charge in [-0.2, -0.15) is 0 Å². The van der Waals surface area contributed by atoms with Crippen LogP contribution in [0.2, 0.25) is 0 Å². The number of halogens is 2. The highest BCUT2D eigenvalue weighted by Crippen LogP contribution is 2.20. The second-order valence-corrected chi connectivity index (χ2v) is 8.28. The van der Waals surface area contributed by atoms with Crippen LogP contribution < -0.4 is 21.3 Å². The Morgan fingerprint density at radius 1 is 1.09 bits per heavy atom. The lowest BCUT2D eigenvalue weighted by Gasteiger charge is -2.10. The standard InChI is InChI=1S/C25H24F2N4O4/c1-15(2)31-22-8-6-17(13-21(22)29-25(31)34)35-11-9-28-23(32)18-4-3-10-30(24(18)33)14-16-5-7-19(26)20(27)12-16/h3-8,10,12-13,15H,9,11,14H2,1-2H3,(H,28,32)(H,29,34). The number of ether oxygens (including phenoxy) is 1. The summed E-state index contributed by atoms with van der Waals surface area (Å²) in [6.07, 6.45) is 1.47. The molecule has 0 aliphatic rings. The van der Waals surface area contributed by atoms with Crippen molar-refractivity contribution in [3.05, 3.63) is 98.3 Å². The van der Waals surface area contributed by atoms with Gasteiger partial charge in [0.05, 0.1) is 24.1 Å². The third-order valence-corrected chi connectivity index (χ3v) is 5.46. The molecule has 0 unspecified atom stereocenters. The number of fused-ring (bicyclic) bond motifs is 1. The number of rotatable bonds is 8. The van der Waals surface area contributed by atoms with Crippen molar-refractivity contribution in [3.8, 4) is 5.75 Å². The van der Waals surface area contributed by atoms with Crippen molar-refractivity contribution in [1.29, 1.82) is 0 Å². The molecule has 0 spiro atoms. The van der Waals surface area contributed by atoms with Gasteiger partial charge < -0.3 is 19.6 Å². The van der Waals surface area contributed by atoms with Crippen LogP contribution in [0.5, 0.6) is 5.75 Å². The molecule has 0 aliphatic carbocycles. The van der Waals surface area contributed by atoms with E-state index in [9.17, 15) is 23.2 Å². The van der Waals surface area contributed by atoms with Crippen LogP contribution in [0, 0.1) is 11.6 Å². The molecule has 0 radical (unpaired) electrons. The summed E-state index contributed by atoms with van der Waals surface area (Å²) >= 11 is 0. The molecule has 0 atom stereocenters. The highest BCUT2D eigenvalue weighted by Gasteiger charge is 2.13. The van der Waals surface area contributed by atoms with Gasteiger partial charge in [0, 0.05) is 18.3 Å². The van der Waals surface area contributed by atoms with Crippen LogP contribution >= 0.6 is 0 Å². The van der Waals surface area contributed by atoms with Crippen molar-refractivity contribution in [3.63, 3.8) is 0 Å². The second kappa shape index (κ2) is 9.96. The van der Waals surface area contributed by atoms with Gasteiger partial charge in [-0.3, -0.25) is 14.2 Å². The predicted octanol–water partition coefficient (Wildman–Crippen LogP) is 3.21. The molecule has 0 aliphatic heterocycles. The minimum Gasteiger partial charge on any atom is -0.492 e. The summed E-state index contributed by atoms with van der Waals surface area (Å²) in [6, 6.07) is 11.6. The molecule has 0 saturated carbocycles. The molecule has 2 aromatic heterocycles. The zero-order valence-electron chi connectivity index (χ0n) is 19.2. The van der Waals surface area contributed by atoms with Crippen molar-refractivity contribution in [1.82, 2.24) is 19.4 Å². The van der Waals surface area contributed by atoms with E-state index in [0.717, 1.165) is 17.6 Å². The highest BCUT2D eigenvalue weighted by atomic mass is 19.2. The number of aromatic amines is 1. The number of nitrogens with one attached hydrogen (secondary N) is 2. The third-order valence-electron chi connectivity index (χ3n) is 5.46. The van der Waals surface area contributed by atoms with Crippen molar-refractivity contribution in [2.75, 3.05) is 13.2 Å². The number of hydrogen-bond donors (Lipinski definition) is 2. The molecule has 8 nitrogen and oxygen atoms in total. The van der Waals surface area contributed by atoms with Crippen LogP contribution in [-0.4, -0.2) is 33.2 Å². The maximum atomic E-state index is 13.5. The summed E-state index contributed by atoms with van der Waals surface area (Å²) in [4.78, 5) is 40.1. The molecule has 0 saturated heterocycles.